The topological polar surface area (TPSA) is 63.0 Å². The average molecular weight is 447 g/mol. The maximum Gasteiger partial charge on any atom is 0.162 e. The van der Waals surface area contributed by atoms with Crippen molar-refractivity contribution in [3.05, 3.63) is 71.8 Å². The summed E-state index contributed by atoms with van der Waals surface area (Å²) in [6, 6.07) is 14.0. The number of aliphatic hydroxyl groups is 1. The molecule has 0 amide bonds. The van der Waals surface area contributed by atoms with Crippen LogP contribution in [0.3, 0.4) is 0 Å². The number of terminal acetylenes is 1. The molecule has 1 unspecified atom stereocenters. The maximum atomic E-state index is 11.0. The molecule has 0 aliphatic carbocycles. The fourth-order valence-electron chi connectivity index (χ4n) is 4.24. The summed E-state index contributed by atoms with van der Waals surface area (Å²) >= 11 is 0. The summed E-state index contributed by atoms with van der Waals surface area (Å²) in [5.74, 6) is 4.47. The number of aliphatic hydroxyl groups excluding tert-OH is 1. The molecule has 2 aromatic carbocycles. The lowest BCUT2D eigenvalue weighted by Gasteiger charge is -2.37. The number of nitrogens with zero attached hydrogens (tertiary/aromatic N) is 4. The fraction of sp³-hybridized carbons (Fsp3) is 0.346. The van der Waals surface area contributed by atoms with Gasteiger partial charge < -0.3 is 24.0 Å². The minimum Gasteiger partial charge on any atom is -0.493 e. The van der Waals surface area contributed by atoms with Crippen LogP contribution in [0.15, 0.2) is 54.9 Å². The quantitative estimate of drug-likeness (QED) is 0.537. The van der Waals surface area contributed by atoms with E-state index in [4.69, 9.17) is 15.9 Å². The Bertz CT molecular complexity index is 1110. The van der Waals surface area contributed by atoms with Gasteiger partial charge in [0.2, 0.25) is 0 Å². The smallest absolute Gasteiger partial charge is 0.162 e. The highest BCUT2D eigenvalue weighted by atomic mass is 16.5. The number of piperazine rings is 1. The number of ether oxygens (including phenoxy) is 2. The molecule has 1 atom stereocenters. The Balaban J connectivity index is 1.41. The van der Waals surface area contributed by atoms with Crippen LogP contribution in [0.1, 0.15) is 23.1 Å². The van der Waals surface area contributed by atoms with E-state index in [1.54, 1.807) is 13.3 Å². The van der Waals surface area contributed by atoms with Gasteiger partial charge in [-0.2, -0.15) is 0 Å². The van der Waals surface area contributed by atoms with Crippen LogP contribution in [-0.2, 0) is 13.6 Å². The van der Waals surface area contributed by atoms with Crippen molar-refractivity contribution < 1.29 is 14.6 Å². The van der Waals surface area contributed by atoms with E-state index in [0.717, 1.165) is 44.0 Å². The maximum absolute atomic E-state index is 11.0. The van der Waals surface area contributed by atoms with E-state index in [9.17, 15) is 5.11 Å². The molecule has 1 N–H and O–H groups in total. The molecule has 3 aromatic rings. The predicted molar refractivity (Wildman–Crippen MR) is 129 cm³/mol. The molecular weight excluding hydrogens is 416 g/mol. The highest BCUT2D eigenvalue weighted by Gasteiger charge is 2.24. The van der Waals surface area contributed by atoms with E-state index >= 15 is 0 Å². The van der Waals surface area contributed by atoms with Gasteiger partial charge >= 0.3 is 0 Å². The third kappa shape index (κ3) is 5.14. The standard InChI is InChI=1S/C26H30N4O3/c1-4-17-33-23-10-9-20(18-24(23)32-3)19-29-13-15-30(16-14-29)22-8-6-5-7-21(22)25(31)26-27-11-12-28(26)2/h1,5-12,18,25,31H,13-17,19H2,2-3H3. The molecule has 0 radical (unpaired) electrons. The monoisotopic (exact) mass is 446 g/mol. The van der Waals surface area contributed by atoms with Gasteiger partial charge in [0.1, 0.15) is 18.5 Å². The number of aryl methyl sites for hydroxylation is 1. The zero-order valence-electron chi connectivity index (χ0n) is 19.1. The van der Waals surface area contributed by atoms with Crippen LogP contribution in [0.4, 0.5) is 5.69 Å². The lowest BCUT2D eigenvalue weighted by atomic mass is 10.0. The summed E-state index contributed by atoms with van der Waals surface area (Å²) in [7, 11) is 3.53. The van der Waals surface area contributed by atoms with Gasteiger partial charge in [-0.25, -0.2) is 4.98 Å². The van der Waals surface area contributed by atoms with Gasteiger partial charge in [0.25, 0.3) is 0 Å². The molecule has 7 heteroatoms. The number of rotatable bonds is 8. The van der Waals surface area contributed by atoms with Crippen LogP contribution in [-0.4, -0.2) is 59.5 Å². The van der Waals surface area contributed by atoms with E-state index in [-0.39, 0.29) is 6.61 Å². The number of hydrogen-bond acceptors (Lipinski definition) is 6. The van der Waals surface area contributed by atoms with Crippen LogP contribution in [0.25, 0.3) is 0 Å². The second-order valence-electron chi connectivity index (χ2n) is 8.10. The van der Waals surface area contributed by atoms with E-state index in [2.05, 4.69) is 32.8 Å². The van der Waals surface area contributed by atoms with Gasteiger partial charge in [-0.05, 0) is 23.8 Å². The molecule has 0 saturated carbocycles. The molecule has 2 heterocycles. The van der Waals surface area contributed by atoms with E-state index in [0.29, 0.717) is 17.3 Å². The average Bonchev–Trinajstić information content (AvgIpc) is 3.29. The molecule has 33 heavy (non-hydrogen) atoms. The summed E-state index contributed by atoms with van der Waals surface area (Å²) in [5, 5.41) is 11.0. The fourth-order valence-corrected chi connectivity index (χ4v) is 4.24. The lowest BCUT2D eigenvalue weighted by Crippen LogP contribution is -2.46. The van der Waals surface area contributed by atoms with Crippen molar-refractivity contribution in [3.63, 3.8) is 0 Å². The second kappa shape index (κ2) is 10.4. The van der Waals surface area contributed by atoms with E-state index in [1.807, 2.05) is 48.1 Å². The Morgan fingerprint density at radius 1 is 1.12 bits per heavy atom. The van der Waals surface area contributed by atoms with Gasteiger partial charge in [-0.1, -0.05) is 30.2 Å². The number of hydrogen-bond donors (Lipinski definition) is 1. The third-order valence-corrected chi connectivity index (χ3v) is 5.99. The minimum atomic E-state index is -0.762. The van der Waals surface area contributed by atoms with Crippen LogP contribution >= 0.6 is 0 Å². The SMILES string of the molecule is C#CCOc1ccc(CN2CCN(c3ccccc3C(O)c3nccn3C)CC2)cc1OC. The summed E-state index contributed by atoms with van der Waals surface area (Å²) < 4.78 is 12.9. The molecule has 7 nitrogen and oxygen atoms in total. The predicted octanol–water partition coefficient (Wildman–Crippen LogP) is 2.84. The number of para-hydroxylation sites is 1. The minimum absolute atomic E-state index is 0.216. The highest BCUT2D eigenvalue weighted by molar-refractivity contribution is 5.56. The Labute approximate surface area is 195 Å². The van der Waals surface area contributed by atoms with Crippen LogP contribution < -0.4 is 14.4 Å². The van der Waals surface area contributed by atoms with E-state index in [1.165, 1.54) is 5.56 Å². The summed E-state index contributed by atoms with van der Waals surface area (Å²) in [4.78, 5) is 9.10. The second-order valence-corrected chi connectivity index (χ2v) is 8.10. The van der Waals surface area contributed by atoms with Crippen LogP contribution in [0.2, 0.25) is 0 Å². The number of benzene rings is 2. The molecule has 1 fully saturated rings. The first-order valence-electron chi connectivity index (χ1n) is 11.1. The van der Waals surface area contributed by atoms with Gasteiger partial charge in [0.05, 0.1) is 7.11 Å². The first kappa shape index (κ1) is 22.7. The first-order valence-corrected chi connectivity index (χ1v) is 11.1. The first-order chi connectivity index (χ1) is 16.1. The largest absolute Gasteiger partial charge is 0.493 e. The summed E-state index contributed by atoms with van der Waals surface area (Å²) in [6.45, 7) is 4.65. The Hall–Kier alpha value is -3.47. The number of imidazole rings is 1. The number of methoxy groups -OCH3 is 1. The van der Waals surface area contributed by atoms with Crippen LogP contribution in [0.5, 0.6) is 11.5 Å². The van der Waals surface area contributed by atoms with Gasteiger partial charge in [-0.15, -0.1) is 6.42 Å². The molecule has 0 bridgehead atoms. The Morgan fingerprint density at radius 3 is 2.61 bits per heavy atom. The van der Waals surface area contributed by atoms with Crippen molar-refractivity contribution in [3.8, 4) is 23.8 Å². The van der Waals surface area contributed by atoms with E-state index < -0.39 is 6.10 Å². The van der Waals surface area contributed by atoms with Crippen molar-refractivity contribution in [1.82, 2.24) is 14.5 Å². The summed E-state index contributed by atoms with van der Waals surface area (Å²) in [5.41, 5.74) is 3.11. The molecule has 1 aliphatic rings. The van der Waals surface area contributed by atoms with Crippen molar-refractivity contribution in [2.45, 2.75) is 12.6 Å². The molecule has 1 aromatic heterocycles. The lowest BCUT2D eigenvalue weighted by molar-refractivity contribution is 0.205. The van der Waals surface area contributed by atoms with Crippen molar-refractivity contribution in [1.29, 1.82) is 0 Å². The van der Waals surface area contributed by atoms with Crippen molar-refractivity contribution in [2.24, 2.45) is 7.05 Å². The Morgan fingerprint density at radius 2 is 1.91 bits per heavy atom. The highest BCUT2D eigenvalue weighted by Crippen LogP contribution is 2.31. The zero-order valence-corrected chi connectivity index (χ0v) is 19.1. The summed E-state index contributed by atoms with van der Waals surface area (Å²) in [6.07, 6.45) is 8.09. The normalized spacial score (nSPS) is 15.2. The molecule has 172 valence electrons. The van der Waals surface area contributed by atoms with Crippen molar-refractivity contribution >= 4 is 5.69 Å². The van der Waals surface area contributed by atoms with Gasteiger partial charge in [0.15, 0.2) is 11.5 Å². The number of aromatic nitrogens is 2. The van der Waals surface area contributed by atoms with Gasteiger partial charge in [0, 0.05) is 63.4 Å². The molecule has 0 spiro atoms. The zero-order chi connectivity index (χ0) is 23.2. The molecule has 4 rings (SSSR count). The molecular formula is C26H30N4O3. The Kier molecular flexibility index (Phi) is 7.18. The molecule has 1 saturated heterocycles. The van der Waals surface area contributed by atoms with Gasteiger partial charge in [-0.3, -0.25) is 4.90 Å². The van der Waals surface area contributed by atoms with Crippen LogP contribution in [0, 0.1) is 12.3 Å². The molecule has 1 aliphatic heterocycles. The van der Waals surface area contributed by atoms with Crippen molar-refractivity contribution in [2.75, 3.05) is 44.8 Å². The number of anilines is 1. The third-order valence-electron chi connectivity index (χ3n) is 5.99.